The number of carbonyl (C=O) groups is 1. The highest BCUT2D eigenvalue weighted by atomic mass is 32.1. The Kier molecular flexibility index (Phi) is 2.82. The van der Waals surface area contributed by atoms with Crippen LogP contribution >= 0.6 is 11.3 Å². The average molecular weight is 240 g/mol. The van der Waals surface area contributed by atoms with Crippen molar-refractivity contribution in [1.29, 1.82) is 0 Å². The van der Waals surface area contributed by atoms with Crippen molar-refractivity contribution >= 4 is 17.3 Å². The van der Waals surface area contributed by atoms with E-state index in [1.54, 1.807) is 18.5 Å². The van der Waals surface area contributed by atoms with Crippen LogP contribution in [0, 0.1) is 0 Å². The summed E-state index contributed by atoms with van der Waals surface area (Å²) >= 11 is 1.11. The maximum absolute atomic E-state index is 10.8. The van der Waals surface area contributed by atoms with Crippen molar-refractivity contribution in [2.45, 2.75) is 6.61 Å². The fraction of sp³-hybridized carbons (Fsp3) is 0.250. The van der Waals surface area contributed by atoms with Crippen molar-refractivity contribution in [2.24, 2.45) is 7.05 Å². The topological polar surface area (TPSA) is 90.1 Å². The highest BCUT2D eigenvalue weighted by Crippen LogP contribution is 2.25. The Morgan fingerprint density at radius 3 is 3.12 bits per heavy atom. The smallest absolute Gasteiger partial charge is 0.349 e. The molecule has 0 aliphatic heterocycles. The van der Waals surface area contributed by atoms with Gasteiger partial charge in [-0.15, -0.1) is 21.5 Å². The molecule has 0 bridgehead atoms. The molecule has 0 aliphatic carbocycles. The van der Waals surface area contributed by atoms with Crippen LogP contribution in [0.5, 0.6) is 5.75 Å². The first-order valence-electron chi connectivity index (χ1n) is 4.33. The van der Waals surface area contributed by atoms with Gasteiger partial charge in [-0.3, -0.25) is 0 Å². The maximum atomic E-state index is 10.8. The Balaban J connectivity index is 2.04. The third kappa shape index (κ3) is 2.16. The number of tetrazole rings is 1. The van der Waals surface area contributed by atoms with E-state index >= 15 is 0 Å². The number of hydrogen-bond donors (Lipinski definition) is 1. The molecule has 0 saturated heterocycles. The second kappa shape index (κ2) is 4.27. The van der Waals surface area contributed by atoms with Gasteiger partial charge in [-0.2, -0.15) is 4.80 Å². The number of nitrogens with zero attached hydrogens (tertiary/aromatic N) is 4. The first-order chi connectivity index (χ1) is 7.66. The van der Waals surface area contributed by atoms with Gasteiger partial charge in [-0.25, -0.2) is 4.79 Å². The minimum Gasteiger partial charge on any atom is -0.484 e. The van der Waals surface area contributed by atoms with Gasteiger partial charge in [0.15, 0.2) is 11.5 Å². The summed E-state index contributed by atoms with van der Waals surface area (Å²) in [7, 11) is 1.64. The summed E-state index contributed by atoms with van der Waals surface area (Å²) in [4.78, 5) is 12.3. The molecule has 2 aromatic rings. The number of ether oxygens (including phenoxy) is 1. The van der Waals surface area contributed by atoms with Crippen molar-refractivity contribution < 1.29 is 14.6 Å². The van der Waals surface area contributed by atoms with Gasteiger partial charge in [0, 0.05) is 0 Å². The van der Waals surface area contributed by atoms with Gasteiger partial charge in [-0.1, -0.05) is 0 Å². The minimum atomic E-state index is -1.00. The lowest BCUT2D eigenvalue weighted by molar-refractivity contribution is 0.0697. The second-order valence-corrected chi connectivity index (χ2v) is 3.82. The molecule has 7 nitrogen and oxygen atoms in total. The lowest BCUT2D eigenvalue weighted by atomic mass is 10.4. The first-order valence-corrected chi connectivity index (χ1v) is 5.21. The molecule has 8 heteroatoms. The number of hydrogen-bond acceptors (Lipinski definition) is 6. The Morgan fingerprint density at radius 2 is 2.50 bits per heavy atom. The van der Waals surface area contributed by atoms with Crippen molar-refractivity contribution in [3.63, 3.8) is 0 Å². The van der Waals surface area contributed by atoms with Crippen LogP contribution < -0.4 is 4.74 Å². The van der Waals surface area contributed by atoms with Crippen LogP contribution in [-0.2, 0) is 13.7 Å². The molecule has 0 amide bonds. The van der Waals surface area contributed by atoms with E-state index in [-0.39, 0.29) is 11.5 Å². The van der Waals surface area contributed by atoms with E-state index in [0.717, 1.165) is 11.3 Å². The van der Waals surface area contributed by atoms with Crippen LogP contribution in [0.25, 0.3) is 0 Å². The summed E-state index contributed by atoms with van der Waals surface area (Å²) in [6.45, 7) is 0.102. The standard InChI is InChI=1S/C8H8N4O3S/c1-12-10-6(9-11-12)4-15-5-2-3-16-7(5)8(13)14/h2-3H,4H2,1H3,(H,13,14). The summed E-state index contributed by atoms with van der Waals surface area (Å²) in [5, 5.41) is 21.8. The highest BCUT2D eigenvalue weighted by molar-refractivity contribution is 7.12. The van der Waals surface area contributed by atoms with Gasteiger partial charge in [0.05, 0.1) is 7.05 Å². The Labute approximate surface area is 94.3 Å². The molecule has 0 radical (unpaired) electrons. The van der Waals surface area contributed by atoms with E-state index in [1.807, 2.05) is 0 Å². The van der Waals surface area contributed by atoms with E-state index in [9.17, 15) is 4.79 Å². The SMILES string of the molecule is Cn1nnc(COc2ccsc2C(=O)O)n1. The van der Waals surface area contributed by atoms with Gasteiger partial charge in [0.25, 0.3) is 0 Å². The highest BCUT2D eigenvalue weighted by Gasteiger charge is 2.13. The van der Waals surface area contributed by atoms with Crippen LogP contribution in [0.1, 0.15) is 15.5 Å². The molecule has 0 unspecified atom stereocenters. The van der Waals surface area contributed by atoms with Gasteiger partial charge < -0.3 is 9.84 Å². The van der Waals surface area contributed by atoms with Gasteiger partial charge in [0.1, 0.15) is 5.75 Å². The molecule has 0 aliphatic rings. The molecule has 0 fully saturated rings. The Morgan fingerprint density at radius 1 is 1.69 bits per heavy atom. The predicted octanol–water partition coefficient (Wildman–Crippen LogP) is 0.549. The van der Waals surface area contributed by atoms with Gasteiger partial charge in [0.2, 0.25) is 5.82 Å². The third-order valence-electron chi connectivity index (χ3n) is 1.73. The van der Waals surface area contributed by atoms with Gasteiger partial charge >= 0.3 is 5.97 Å². The quantitative estimate of drug-likeness (QED) is 0.839. The zero-order chi connectivity index (χ0) is 11.5. The number of aromatic nitrogens is 4. The Bertz CT molecular complexity index is 507. The lowest BCUT2D eigenvalue weighted by Crippen LogP contribution is -2.02. The zero-order valence-corrected chi connectivity index (χ0v) is 9.14. The van der Waals surface area contributed by atoms with E-state index in [4.69, 9.17) is 9.84 Å². The van der Waals surface area contributed by atoms with Crippen molar-refractivity contribution in [3.8, 4) is 5.75 Å². The number of carboxylic acid groups (broad SMARTS) is 1. The fourth-order valence-electron chi connectivity index (χ4n) is 1.09. The molecule has 1 N–H and O–H groups in total. The molecule has 0 spiro atoms. The number of rotatable bonds is 4. The number of thiophene rings is 1. The largest absolute Gasteiger partial charge is 0.484 e. The van der Waals surface area contributed by atoms with Crippen molar-refractivity contribution in [3.05, 3.63) is 22.1 Å². The van der Waals surface area contributed by atoms with E-state index < -0.39 is 5.97 Å². The third-order valence-corrected chi connectivity index (χ3v) is 2.61. The van der Waals surface area contributed by atoms with E-state index in [2.05, 4.69) is 15.4 Å². The monoisotopic (exact) mass is 240 g/mol. The summed E-state index contributed by atoms with van der Waals surface area (Å²) < 4.78 is 5.29. The lowest BCUT2D eigenvalue weighted by Gasteiger charge is -2.01. The fourth-order valence-corrected chi connectivity index (χ4v) is 1.76. The molecule has 2 heterocycles. The average Bonchev–Trinajstić information content (AvgIpc) is 2.83. The molecule has 0 atom stereocenters. The summed E-state index contributed by atoms with van der Waals surface area (Å²) in [5.41, 5.74) is 0. The molecule has 0 saturated carbocycles. The van der Waals surface area contributed by atoms with E-state index in [1.165, 1.54) is 4.80 Å². The van der Waals surface area contributed by atoms with Crippen LogP contribution in [0.2, 0.25) is 0 Å². The number of aromatic carboxylic acids is 1. The number of carboxylic acids is 1. The van der Waals surface area contributed by atoms with Crippen LogP contribution in [0.4, 0.5) is 0 Å². The molecular formula is C8H8N4O3S. The van der Waals surface area contributed by atoms with Crippen LogP contribution in [-0.4, -0.2) is 31.3 Å². The van der Waals surface area contributed by atoms with Crippen LogP contribution in [0.3, 0.4) is 0 Å². The summed E-state index contributed by atoms with van der Waals surface area (Å²) in [6.07, 6.45) is 0. The first kappa shape index (κ1) is 10.6. The molecule has 2 aromatic heterocycles. The molecule has 84 valence electrons. The Hall–Kier alpha value is -1.96. The zero-order valence-electron chi connectivity index (χ0n) is 8.32. The molecular weight excluding hydrogens is 232 g/mol. The normalized spacial score (nSPS) is 10.3. The summed E-state index contributed by atoms with van der Waals surface area (Å²) in [6, 6.07) is 1.60. The second-order valence-electron chi connectivity index (χ2n) is 2.90. The van der Waals surface area contributed by atoms with Crippen molar-refractivity contribution in [2.75, 3.05) is 0 Å². The molecule has 16 heavy (non-hydrogen) atoms. The summed E-state index contributed by atoms with van der Waals surface area (Å²) in [5.74, 6) is -0.271. The van der Waals surface area contributed by atoms with E-state index in [0.29, 0.717) is 11.6 Å². The van der Waals surface area contributed by atoms with Crippen LogP contribution in [0.15, 0.2) is 11.4 Å². The maximum Gasteiger partial charge on any atom is 0.349 e. The molecule has 0 aromatic carbocycles. The number of aryl methyl sites for hydroxylation is 1. The van der Waals surface area contributed by atoms with Gasteiger partial charge in [-0.05, 0) is 16.7 Å². The molecule has 2 rings (SSSR count). The van der Waals surface area contributed by atoms with Crippen molar-refractivity contribution in [1.82, 2.24) is 20.2 Å². The minimum absolute atomic E-state index is 0.102. The predicted molar refractivity (Wildman–Crippen MR) is 54.4 cm³/mol.